The van der Waals surface area contributed by atoms with Crippen LogP contribution in [0.3, 0.4) is 0 Å². The van der Waals surface area contributed by atoms with Crippen molar-refractivity contribution >= 4 is 22.6 Å². The van der Waals surface area contributed by atoms with Gasteiger partial charge >= 0.3 is 0 Å². The normalized spacial score (nSPS) is 10.4. The van der Waals surface area contributed by atoms with Crippen LogP contribution >= 0.6 is 0 Å². The Morgan fingerprint density at radius 1 is 1.16 bits per heavy atom. The van der Waals surface area contributed by atoms with E-state index in [1.54, 1.807) is 4.90 Å². The van der Waals surface area contributed by atoms with Crippen molar-refractivity contribution in [2.24, 2.45) is 0 Å². The molecule has 0 fully saturated rings. The molecule has 0 aliphatic rings. The van der Waals surface area contributed by atoms with Crippen LogP contribution < -0.4 is 5.32 Å². The average Bonchev–Trinajstić information content (AvgIpc) is 2.46. The van der Waals surface area contributed by atoms with Crippen LogP contribution in [-0.2, 0) is 4.79 Å². The lowest BCUT2D eigenvalue weighted by Gasteiger charge is -2.18. The van der Waals surface area contributed by atoms with Crippen LogP contribution in [0.2, 0.25) is 0 Å². The fourth-order valence-electron chi connectivity index (χ4n) is 2.02. The summed E-state index contributed by atoms with van der Waals surface area (Å²) in [5.74, 6) is 0.833. The van der Waals surface area contributed by atoms with Crippen molar-refractivity contribution in [1.29, 1.82) is 0 Å². The number of anilines is 1. The lowest BCUT2D eigenvalue weighted by molar-refractivity contribution is -0.128. The van der Waals surface area contributed by atoms with Crippen molar-refractivity contribution < 1.29 is 4.79 Å². The van der Waals surface area contributed by atoms with E-state index in [2.05, 4.69) is 10.3 Å². The number of amides is 1. The number of nitrogens with zero attached hydrogens (tertiary/aromatic N) is 2. The van der Waals surface area contributed by atoms with Crippen LogP contribution in [0.4, 0.5) is 5.82 Å². The Balaban J connectivity index is 2.03. The number of rotatable bonds is 5. The first-order chi connectivity index (χ1) is 9.24. The maximum absolute atomic E-state index is 11.9. The van der Waals surface area contributed by atoms with Gasteiger partial charge in [0.1, 0.15) is 5.82 Å². The molecule has 0 aliphatic heterocycles. The summed E-state index contributed by atoms with van der Waals surface area (Å²) in [5.41, 5.74) is 0.933. The van der Waals surface area contributed by atoms with E-state index in [-0.39, 0.29) is 12.5 Å². The molecule has 2 aromatic rings. The predicted octanol–water partition coefficient (Wildman–Crippen LogP) is 2.52. The zero-order valence-electron chi connectivity index (χ0n) is 11.4. The number of carbonyl (C=O) groups is 1. The van der Waals surface area contributed by atoms with E-state index < -0.39 is 0 Å². The summed E-state index contributed by atoms with van der Waals surface area (Å²) in [6.07, 6.45) is 0. The molecule has 1 aromatic heterocycles. The molecule has 19 heavy (non-hydrogen) atoms. The first kappa shape index (κ1) is 13.3. The van der Waals surface area contributed by atoms with Gasteiger partial charge in [-0.3, -0.25) is 4.79 Å². The molecular weight excluding hydrogens is 238 g/mol. The van der Waals surface area contributed by atoms with E-state index in [0.29, 0.717) is 0 Å². The topological polar surface area (TPSA) is 45.2 Å². The molecular formula is C15H19N3O. The van der Waals surface area contributed by atoms with Crippen LogP contribution in [0.25, 0.3) is 10.9 Å². The third-order valence-corrected chi connectivity index (χ3v) is 3.14. The number of carbonyl (C=O) groups excluding carboxylic acids is 1. The number of hydrogen-bond acceptors (Lipinski definition) is 3. The molecule has 1 amide bonds. The van der Waals surface area contributed by atoms with Crippen LogP contribution in [0.15, 0.2) is 36.4 Å². The van der Waals surface area contributed by atoms with Crippen molar-refractivity contribution in [1.82, 2.24) is 9.88 Å². The average molecular weight is 257 g/mol. The van der Waals surface area contributed by atoms with E-state index in [1.807, 2.05) is 50.2 Å². The number of hydrogen-bond donors (Lipinski definition) is 1. The van der Waals surface area contributed by atoms with Gasteiger partial charge < -0.3 is 10.2 Å². The first-order valence-corrected chi connectivity index (χ1v) is 6.62. The number of fused-ring (bicyclic) bond motifs is 1. The molecule has 100 valence electrons. The highest BCUT2D eigenvalue weighted by molar-refractivity contribution is 5.82. The Bertz CT molecular complexity index is 564. The Morgan fingerprint density at radius 3 is 2.63 bits per heavy atom. The summed E-state index contributed by atoms with van der Waals surface area (Å²) in [7, 11) is 0. The number of benzene rings is 1. The van der Waals surface area contributed by atoms with E-state index >= 15 is 0 Å². The van der Waals surface area contributed by atoms with Crippen LogP contribution in [0, 0.1) is 0 Å². The summed E-state index contributed by atoms with van der Waals surface area (Å²) < 4.78 is 0. The number of aromatic nitrogens is 1. The minimum Gasteiger partial charge on any atom is -0.361 e. The number of pyridine rings is 1. The molecule has 0 spiro atoms. The SMILES string of the molecule is CCN(CC)C(=O)CNc1ccc2ccccc2n1. The lowest BCUT2D eigenvalue weighted by atomic mass is 10.2. The second kappa shape index (κ2) is 6.18. The Hall–Kier alpha value is -2.10. The van der Waals surface area contributed by atoms with Gasteiger partial charge in [-0.15, -0.1) is 0 Å². The number of likely N-dealkylation sites (N-methyl/N-ethyl adjacent to an activating group) is 1. The zero-order valence-corrected chi connectivity index (χ0v) is 11.4. The molecule has 0 unspecified atom stereocenters. The van der Waals surface area contributed by atoms with E-state index in [9.17, 15) is 4.79 Å². The van der Waals surface area contributed by atoms with Gasteiger partial charge in [-0.1, -0.05) is 18.2 Å². The highest BCUT2D eigenvalue weighted by Gasteiger charge is 2.09. The Labute approximate surface area is 113 Å². The molecule has 0 radical (unpaired) electrons. The molecule has 0 saturated carbocycles. The zero-order chi connectivity index (χ0) is 13.7. The van der Waals surface area contributed by atoms with Crippen LogP contribution in [0.1, 0.15) is 13.8 Å². The van der Waals surface area contributed by atoms with Gasteiger partial charge in [-0.2, -0.15) is 0 Å². The highest BCUT2D eigenvalue weighted by Crippen LogP contribution is 2.14. The molecule has 2 rings (SSSR count). The van der Waals surface area contributed by atoms with E-state index in [4.69, 9.17) is 0 Å². The van der Waals surface area contributed by atoms with Gasteiger partial charge in [0.15, 0.2) is 0 Å². The molecule has 1 heterocycles. The minimum absolute atomic E-state index is 0.0972. The molecule has 0 saturated heterocycles. The quantitative estimate of drug-likeness (QED) is 0.895. The maximum Gasteiger partial charge on any atom is 0.241 e. The molecule has 4 nitrogen and oxygen atoms in total. The van der Waals surface area contributed by atoms with Crippen molar-refractivity contribution in [2.75, 3.05) is 25.0 Å². The second-order valence-electron chi connectivity index (χ2n) is 4.31. The maximum atomic E-state index is 11.9. The summed E-state index contributed by atoms with van der Waals surface area (Å²) in [4.78, 5) is 18.2. The third-order valence-electron chi connectivity index (χ3n) is 3.14. The summed E-state index contributed by atoms with van der Waals surface area (Å²) in [5, 5.41) is 4.18. The van der Waals surface area contributed by atoms with Crippen molar-refractivity contribution in [3.63, 3.8) is 0 Å². The predicted molar refractivity (Wildman–Crippen MR) is 78.2 cm³/mol. The Morgan fingerprint density at radius 2 is 1.89 bits per heavy atom. The second-order valence-corrected chi connectivity index (χ2v) is 4.31. The highest BCUT2D eigenvalue weighted by atomic mass is 16.2. The fraction of sp³-hybridized carbons (Fsp3) is 0.333. The molecule has 1 N–H and O–H groups in total. The monoisotopic (exact) mass is 257 g/mol. The van der Waals surface area contributed by atoms with Gasteiger partial charge in [0.05, 0.1) is 12.1 Å². The van der Waals surface area contributed by atoms with Gasteiger partial charge in [-0.05, 0) is 32.0 Å². The van der Waals surface area contributed by atoms with Gasteiger partial charge in [-0.25, -0.2) is 4.98 Å². The lowest BCUT2D eigenvalue weighted by Crippen LogP contribution is -2.35. The van der Waals surface area contributed by atoms with Gasteiger partial charge in [0.25, 0.3) is 0 Å². The molecule has 1 aromatic carbocycles. The van der Waals surface area contributed by atoms with Gasteiger partial charge in [0, 0.05) is 18.5 Å². The third kappa shape index (κ3) is 3.22. The summed E-state index contributed by atoms with van der Waals surface area (Å²) in [6.45, 7) is 5.72. The fourth-order valence-corrected chi connectivity index (χ4v) is 2.02. The number of nitrogens with one attached hydrogen (secondary N) is 1. The summed E-state index contributed by atoms with van der Waals surface area (Å²) >= 11 is 0. The van der Waals surface area contributed by atoms with Crippen LogP contribution in [-0.4, -0.2) is 35.4 Å². The van der Waals surface area contributed by atoms with Crippen LogP contribution in [0.5, 0.6) is 0 Å². The van der Waals surface area contributed by atoms with Crippen molar-refractivity contribution in [3.05, 3.63) is 36.4 Å². The molecule has 4 heteroatoms. The molecule has 0 bridgehead atoms. The standard InChI is InChI=1S/C15H19N3O/c1-3-18(4-2)15(19)11-16-14-10-9-12-7-5-6-8-13(12)17-14/h5-10H,3-4,11H2,1-2H3,(H,16,17). The minimum atomic E-state index is 0.0972. The smallest absolute Gasteiger partial charge is 0.241 e. The van der Waals surface area contributed by atoms with E-state index in [0.717, 1.165) is 29.8 Å². The first-order valence-electron chi connectivity index (χ1n) is 6.62. The number of para-hydroxylation sites is 1. The largest absolute Gasteiger partial charge is 0.361 e. The van der Waals surface area contributed by atoms with Crippen molar-refractivity contribution in [3.8, 4) is 0 Å². The molecule has 0 aliphatic carbocycles. The van der Waals surface area contributed by atoms with E-state index in [1.165, 1.54) is 0 Å². The molecule has 0 atom stereocenters. The Kier molecular flexibility index (Phi) is 4.34. The van der Waals surface area contributed by atoms with Gasteiger partial charge in [0.2, 0.25) is 5.91 Å². The summed E-state index contributed by atoms with van der Waals surface area (Å²) in [6, 6.07) is 11.8. The van der Waals surface area contributed by atoms with Crippen molar-refractivity contribution in [2.45, 2.75) is 13.8 Å².